The van der Waals surface area contributed by atoms with Crippen LogP contribution in [0.15, 0.2) is 25.0 Å². The molecule has 1 aromatic rings. The third-order valence-corrected chi connectivity index (χ3v) is 1.53. The van der Waals surface area contributed by atoms with Crippen molar-refractivity contribution in [2.24, 2.45) is 0 Å². The molecule has 0 unspecified atom stereocenters. The molecule has 1 heterocycles. The largest absolute Gasteiger partial charge is 0.319 e. The Bertz CT molecular complexity index is 270. The SMILES string of the molecule is C=CCNCc1nccn1C(F)F. The van der Waals surface area contributed by atoms with Crippen molar-refractivity contribution < 1.29 is 8.78 Å². The van der Waals surface area contributed by atoms with Gasteiger partial charge in [0.2, 0.25) is 0 Å². The first-order valence-corrected chi connectivity index (χ1v) is 3.87. The topological polar surface area (TPSA) is 29.9 Å². The average Bonchev–Trinajstić information content (AvgIpc) is 2.53. The molecule has 0 aliphatic rings. The van der Waals surface area contributed by atoms with Crippen LogP contribution in [0.5, 0.6) is 0 Å². The van der Waals surface area contributed by atoms with E-state index < -0.39 is 6.55 Å². The molecule has 1 N–H and O–H groups in total. The molecule has 0 amide bonds. The minimum absolute atomic E-state index is 0.323. The molecule has 3 nitrogen and oxygen atoms in total. The molecule has 0 radical (unpaired) electrons. The van der Waals surface area contributed by atoms with Crippen LogP contribution in [0.25, 0.3) is 0 Å². The Morgan fingerprint density at radius 1 is 1.69 bits per heavy atom. The number of nitrogens with zero attached hydrogens (tertiary/aromatic N) is 2. The molecule has 0 spiro atoms. The summed E-state index contributed by atoms with van der Waals surface area (Å²) in [6, 6.07) is 0. The van der Waals surface area contributed by atoms with Crippen LogP contribution < -0.4 is 5.32 Å². The van der Waals surface area contributed by atoms with Gasteiger partial charge in [0.1, 0.15) is 5.82 Å². The van der Waals surface area contributed by atoms with E-state index in [0.29, 0.717) is 18.9 Å². The van der Waals surface area contributed by atoms with E-state index in [4.69, 9.17) is 0 Å². The van der Waals surface area contributed by atoms with E-state index in [1.807, 2.05) is 0 Å². The molecule has 72 valence electrons. The third kappa shape index (κ3) is 2.62. The molecular formula is C8H11F2N3. The van der Waals surface area contributed by atoms with Gasteiger partial charge in [-0.1, -0.05) is 6.08 Å². The zero-order chi connectivity index (χ0) is 9.68. The lowest BCUT2D eigenvalue weighted by atomic mass is 10.5. The summed E-state index contributed by atoms with van der Waals surface area (Å²) in [7, 11) is 0. The molecule has 0 atom stereocenters. The van der Waals surface area contributed by atoms with Crippen LogP contribution in [0.4, 0.5) is 8.78 Å². The molecule has 1 rings (SSSR count). The molecule has 13 heavy (non-hydrogen) atoms. The summed E-state index contributed by atoms with van der Waals surface area (Å²) in [6.45, 7) is 1.88. The van der Waals surface area contributed by atoms with E-state index in [9.17, 15) is 8.78 Å². The third-order valence-electron chi connectivity index (χ3n) is 1.53. The van der Waals surface area contributed by atoms with Crippen LogP contribution in [0.3, 0.4) is 0 Å². The Balaban J connectivity index is 2.55. The standard InChI is InChI=1S/C8H11F2N3/c1-2-3-11-6-7-12-4-5-13(7)8(9)10/h2,4-5,8,11H,1,3,6H2. The van der Waals surface area contributed by atoms with Crippen molar-refractivity contribution >= 4 is 0 Å². The Labute approximate surface area is 75.1 Å². The Hall–Kier alpha value is -1.23. The van der Waals surface area contributed by atoms with Gasteiger partial charge in [0, 0.05) is 18.9 Å². The van der Waals surface area contributed by atoms with Crippen molar-refractivity contribution in [1.29, 1.82) is 0 Å². The molecule has 0 bridgehead atoms. The summed E-state index contributed by atoms with van der Waals surface area (Å²) in [5.74, 6) is 0.330. The van der Waals surface area contributed by atoms with E-state index in [-0.39, 0.29) is 0 Å². The molecule has 0 aliphatic heterocycles. The van der Waals surface area contributed by atoms with Gasteiger partial charge in [0.15, 0.2) is 0 Å². The van der Waals surface area contributed by atoms with Gasteiger partial charge < -0.3 is 5.32 Å². The molecule has 0 saturated heterocycles. The van der Waals surface area contributed by atoms with Crippen LogP contribution in [-0.2, 0) is 6.54 Å². The fraction of sp³-hybridized carbons (Fsp3) is 0.375. The van der Waals surface area contributed by atoms with Gasteiger partial charge in [0.25, 0.3) is 0 Å². The van der Waals surface area contributed by atoms with E-state index in [1.54, 1.807) is 6.08 Å². The highest BCUT2D eigenvalue weighted by Gasteiger charge is 2.09. The smallest absolute Gasteiger partial charge is 0.306 e. The molecule has 1 aromatic heterocycles. The second kappa shape index (κ2) is 4.71. The van der Waals surface area contributed by atoms with Crippen molar-refractivity contribution in [3.05, 3.63) is 30.9 Å². The van der Waals surface area contributed by atoms with Crippen molar-refractivity contribution in [3.8, 4) is 0 Å². The van der Waals surface area contributed by atoms with E-state index >= 15 is 0 Å². The Kier molecular flexibility index (Phi) is 3.57. The number of alkyl halides is 2. The fourth-order valence-corrected chi connectivity index (χ4v) is 0.945. The van der Waals surface area contributed by atoms with Gasteiger partial charge in [-0.15, -0.1) is 6.58 Å². The first-order chi connectivity index (χ1) is 6.25. The van der Waals surface area contributed by atoms with E-state index in [2.05, 4.69) is 16.9 Å². The second-order valence-electron chi connectivity index (χ2n) is 2.45. The fourth-order valence-electron chi connectivity index (χ4n) is 0.945. The van der Waals surface area contributed by atoms with E-state index in [1.165, 1.54) is 12.4 Å². The van der Waals surface area contributed by atoms with Crippen molar-refractivity contribution in [2.45, 2.75) is 13.1 Å². The van der Waals surface area contributed by atoms with Crippen LogP contribution >= 0.6 is 0 Å². The summed E-state index contributed by atoms with van der Waals surface area (Å²) < 4.78 is 25.3. The zero-order valence-corrected chi connectivity index (χ0v) is 7.08. The normalized spacial score (nSPS) is 10.7. The van der Waals surface area contributed by atoms with Gasteiger partial charge in [-0.3, -0.25) is 4.57 Å². The van der Waals surface area contributed by atoms with Crippen LogP contribution in [0.2, 0.25) is 0 Å². The predicted octanol–water partition coefficient (Wildman–Crippen LogP) is 1.55. The highest BCUT2D eigenvalue weighted by atomic mass is 19.3. The summed E-state index contributed by atoms with van der Waals surface area (Å²) in [4.78, 5) is 3.80. The zero-order valence-electron chi connectivity index (χ0n) is 7.08. The Morgan fingerprint density at radius 2 is 2.46 bits per heavy atom. The quantitative estimate of drug-likeness (QED) is 0.560. The maximum absolute atomic E-state index is 12.2. The average molecular weight is 187 g/mol. The predicted molar refractivity (Wildman–Crippen MR) is 45.4 cm³/mol. The number of hydrogen-bond acceptors (Lipinski definition) is 2. The van der Waals surface area contributed by atoms with Crippen LogP contribution in [-0.4, -0.2) is 16.1 Å². The van der Waals surface area contributed by atoms with Gasteiger partial charge >= 0.3 is 6.55 Å². The number of halogens is 2. The van der Waals surface area contributed by atoms with Crippen LogP contribution in [0.1, 0.15) is 12.4 Å². The minimum atomic E-state index is -2.52. The summed E-state index contributed by atoms with van der Waals surface area (Å²) in [5.41, 5.74) is 0. The number of rotatable bonds is 5. The molecule has 5 heteroatoms. The molecule has 0 aliphatic carbocycles. The summed E-state index contributed by atoms with van der Waals surface area (Å²) in [6.07, 6.45) is 4.28. The van der Waals surface area contributed by atoms with Crippen molar-refractivity contribution in [3.63, 3.8) is 0 Å². The highest BCUT2D eigenvalue weighted by Crippen LogP contribution is 2.11. The highest BCUT2D eigenvalue weighted by molar-refractivity contribution is 4.92. The summed E-state index contributed by atoms with van der Waals surface area (Å²) >= 11 is 0. The lowest BCUT2D eigenvalue weighted by Crippen LogP contribution is -2.17. The Morgan fingerprint density at radius 3 is 3.08 bits per heavy atom. The number of hydrogen-bond donors (Lipinski definition) is 1. The molecule has 0 saturated carbocycles. The maximum atomic E-state index is 12.2. The van der Waals surface area contributed by atoms with Crippen LogP contribution in [0, 0.1) is 0 Å². The first kappa shape index (κ1) is 9.85. The second-order valence-corrected chi connectivity index (χ2v) is 2.45. The van der Waals surface area contributed by atoms with Crippen molar-refractivity contribution in [2.75, 3.05) is 6.54 Å². The molecule has 0 aromatic carbocycles. The lowest BCUT2D eigenvalue weighted by molar-refractivity contribution is 0.0667. The first-order valence-electron chi connectivity index (χ1n) is 3.87. The maximum Gasteiger partial charge on any atom is 0.319 e. The lowest BCUT2D eigenvalue weighted by Gasteiger charge is -2.05. The monoisotopic (exact) mass is 187 g/mol. The number of aromatic nitrogens is 2. The summed E-state index contributed by atoms with van der Waals surface area (Å²) in [5, 5.41) is 2.90. The van der Waals surface area contributed by atoms with Gasteiger partial charge in [-0.05, 0) is 0 Å². The minimum Gasteiger partial charge on any atom is -0.306 e. The van der Waals surface area contributed by atoms with Gasteiger partial charge in [-0.25, -0.2) is 4.98 Å². The molecular weight excluding hydrogens is 176 g/mol. The molecule has 0 fully saturated rings. The number of imidazole rings is 1. The van der Waals surface area contributed by atoms with Crippen molar-refractivity contribution in [1.82, 2.24) is 14.9 Å². The van der Waals surface area contributed by atoms with Gasteiger partial charge in [-0.2, -0.15) is 8.78 Å². The number of nitrogens with one attached hydrogen (secondary N) is 1. The van der Waals surface area contributed by atoms with Gasteiger partial charge in [0.05, 0.1) is 6.54 Å². The van der Waals surface area contributed by atoms with E-state index in [0.717, 1.165) is 4.57 Å².